The van der Waals surface area contributed by atoms with E-state index in [0.29, 0.717) is 4.47 Å². The first kappa shape index (κ1) is 16.0. The number of aliphatic imine (C=N–C) groups is 1. The molecule has 0 amide bonds. The molecule has 1 aliphatic heterocycles. The maximum Gasteiger partial charge on any atom is 0.434 e. The highest BCUT2D eigenvalue weighted by atomic mass is 79.9. The van der Waals surface area contributed by atoms with Crippen LogP contribution in [0.25, 0.3) is 0 Å². The first-order chi connectivity index (χ1) is 10.6. The molecule has 2 aromatic rings. The summed E-state index contributed by atoms with van der Waals surface area (Å²) in [5.74, 6) is -0.731. The SMILES string of the molecule is C[C@@]1(c2cc(Br)ccc2F)Cn2cc(C(F)(F)F)nc2C(N)=N1. The fourth-order valence-electron chi connectivity index (χ4n) is 2.62. The molecule has 0 saturated carbocycles. The quantitative estimate of drug-likeness (QED) is 0.758. The topological polar surface area (TPSA) is 56.2 Å². The van der Waals surface area contributed by atoms with E-state index in [1.165, 1.54) is 16.7 Å². The third-order valence-corrected chi connectivity index (χ3v) is 4.14. The Morgan fingerprint density at radius 3 is 2.70 bits per heavy atom. The number of alkyl halides is 3. The lowest BCUT2D eigenvalue weighted by Gasteiger charge is -2.31. The van der Waals surface area contributed by atoms with Crippen molar-refractivity contribution < 1.29 is 17.6 Å². The molecule has 1 atom stereocenters. The molecule has 1 aromatic heterocycles. The van der Waals surface area contributed by atoms with Gasteiger partial charge in [-0.2, -0.15) is 13.2 Å². The van der Waals surface area contributed by atoms with Gasteiger partial charge in [0.05, 0.1) is 6.54 Å². The molecule has 1 aliphatic rings. The predicted octanol–water partition coefficient (Wildman–Crippen LogP) is 3.44. The zero-order chi connectivity index (χ0) is 17.0. The molecule has 23 heavy (non-hydrogen) atoms. The highest BCUT2D eigenvalue weighted by Crippen LogP contribution is 2.36. The maximum absolute atomic E-state index is 14.2. The van der Waals surface area contributed by atoms with Crippen LogP contribution in [0.4, 0.5) is 17.6 Å². The summed E-state index contributed by atoms with van der Waals surface area (Å²) in [6.07, 6.45) is -3.72. The zero-order valence-electron chi connectivity index (χ0n) is 11.8. The molecule has 0 radical (unpaired) electrons. The molecule has 1 aromatic carbocycles. The second kappa shape index (κ2) is 5.05. The van der Waals surface area contributed by atoms with Gasteiger partial charge in [-0.3, -0.25) is 4.99 Å². The lowest BCUT2D eigenvalue weighted by atomic mass is 9.91. The Morgan fingerprint density at radius 2 is 2.04 bits per heavy atom. The van der Waals surface area contributed by atoms with Gasteiger partial charge < -0.3 is 10.3 Å². The molecule has 0 spiro atoms. The largest absolute Gasteiger partial charge is 0.434 e. The van der Waals surface area contributed by atoms with Crippen molar-refractivity contribution in [2.24, 2.45) is 10.7 Å². The van der Waals surface area contributed by atoms with Crippen molar-refractivity contribution in [1.29, 1.82) is 0 Å². The molecular formula is C14H11BrF4N4. The van der Waals surface area contributed by atoms with Gasteiger partial charge >= 0.3 is 6.18 Å². The maximum atomic E-state index is 14.2. The summed E-state index contributed by atoms with van der Waals surface area (Å²) in [6, 6.07) is 4.34. The van der Waals surface area contributed by atoms with Gasteiger partial charge in [-0.25, -0.2) is 9.37 Å². The summed E-state index contributed by atoms with van der Waals surface area (Å²) >= 11 is 3.25. The van der Waals surface area contributed by atoms with Gasteiger partial charge in [-0.1, -0.05) is 15.9 Å². The molecule has 0 saturated heterocycles. The van der Waals surface area contributed by atoms with E-state index in [1.807, 2.05) is 0 Å². The summed E-state index contributed by atoms with van der Waals surface area (Å²) in [6.45, 7) is 1.61. The fourth-order valence-corrected chi connectivity index (χ4v) is 2.98. The lowest BCUT2D eigenvalue weighted by Crippen LogP contribution is -2.37. The number of rotatable bonds is 1. The van der Waals surface area contributed by atoms with Crippen molar-refractivity contribution in [3.63, 3.8) is 0 Å². The van der Waals surface area contributed by atoms with E-state index in [0.717, 1.165) is 6.20 Å². The van der Waals surface area contributed by atoms with E-state index in [9.17, 15) is 17.6 Å². The number of halogens is 5. The van der Waals surface area contributed by atoms with Crippen LogP contribution in [-0.4, -0.2) is 15.4 Å². The molecule has 0 fully saturated rings. The van der Waals surface area contributed by atoms with Crippen molar-refractivity contribution in [3.05, 3.63) is 51.8 Å². The van der Waals surface area contributed by atoms with Gasteiger partial charge in [-0.15, -0.1) is 0 Å². The number of nitrogens with two attached hydrogens (primary N) is 1. The van der Waals surface area contributed by atoms with Gasteiger partial charge in [0.25, 0.3) is 0 Å². The average Bonchev–Trinajstić information content (AvgIpc) is 2.85. The van der Waals surface area contributed by atoms with Crippen LogP contribution in [0, 0.1) is 5.82 Å². The Kier molecular flexibility index (Phi) is 3.51. The van der Waals surface area contributed by atoms with Gasteiger partial charge in [0.1, 0.15) is 11.4 Å². The van der Waals surface area contributed by atoms with E-state index in [2.05, 4.69) is 25.9 Å². The van der Waals surface area contributed by atoms with Gasteiger partial charge in [0, 0.05) is 16.2 Å². The van der Waals surface area contributed by atoms with Gasteiger partial charge in [-0.05, 0) is 25.1 Å². The van der Waals surface area contributed by atoms with Crippen LogP contribution in [0.1, 0.15) is 24.0 Å². The molecule has 2 heterocycles. The van der Waals surface area contributed by atoms with Crippen molar-refractivity contribution in [3.8, 4) is 0 Å². The summed E-state index contributed by atoms with van der Waals surface area (Å²) in [5, 5.41) is 0. The summed E-state index contributed by atoms with van der Waals surface area (Å²) in [4.78, 5) is 7.69. The van der Waals surface area contributed by atoms with Crippen molar-refractivity contribution in [1.82, 2.24) is 9.55 Å². The normalized spacial score (nSPS) is 21.0. The molecule has 2 N–H and O–H groups in total. The highest BCUT2D eigenvalue weighted by molar-refractivity contribution is 9.10. The Bertz CT molecular complexity index is 812. The Hall–Kier alpha value is -1.90. The first-order valence-electron chi connectivity index (χ1n) is 6.56. The summed E-state index contributed by atoms with van der Waals surface area (Å²) in [5.41, 5.74) is 3.83. The monoisotopic (exact) mass is 390 g/mol. The van der Waals surface area contributed by atoms with E-state index in [4.69, 9.17) is 5.73 Å². The Balaban J connectivity index is 2.10. The zero-order valence-corrected chi connectivity index (χ0v) is 13.4. The third kappa shape index (κ3) is 2.73. The summed E-state index contributed by atoms with van der Waals surface area (Å²) in [7, 11) is 0. The van der Waals surface area contributed by atoms with Gasteiger partial charge in [0.2, 0.25) is 0 Å². The minimum atomic E-state index is -4.58. The molecule has 0 bridgehead atoms. The van der Waals surface area contributed by atoms with Crippen LogP contribution in [0.15, 0.2) is 33.9 Å². The second-order valence-electron chi connectivity index (χ2n) is 5.47. The number of nitrogens with zero attached hydrogens (tertiary/aromatic N) is 3. The number of hydrogen-bond donors (Lipinski definition) is 1. The van der Waals surface area contributed by atoms with E-state index < -0.39 is 23.2 Å². The first-order valence-corrected chi connectivity index (χ1v) is 7.35. The molecular weight excluding hydrogens is 380 g/mol. The molecule has 9 heteroatoms. The number of aromatic nitrogens is 2. The molecule has 4 nitrogen and oxygen atoms in total. The fraction of sp³-hybridized carbons (Fsp3) is 0.286. The molecule has 122 valence electrons. The number of hydrogen-bond acceptors (Lipinski definition) is 3. The Morgan fingerprint density at radius 1 is 1.35 bits per heavy atom. The summed E-state index contributed by atoms with van der Waals surface area (Å²) < 4.78 is 54.5. The number of benzene rings is 1. The second-order valence-corrected chi connectivity index (χ2v) is 6.39. The van der Waals surface area contributed by atoms with Crippen molar-refractivity contribution in [2.75, 3.05) is 0 Å². The molecule has 3 rings (SSSR count). The minimum absolute atomic E-state index is 0.000509. The van der Waals surface area contributed by atoms with E-state index >= 15 is 0 Å². The number of imidazole rings is 1. The van der Waals surface area contributed by atoms with Crippen molar-refractivity contribution >= 4 is 21.8 Å². The average molecular weight is 391 g/mol. The van der Waals surface area contributed by atoms with Crippen LogP contribution in [-0.2, 0) is 18.3 Å². The van der Waals surface area contributed by atoms with Crippen molar-refractivity contribution in [2.45, 2.75) is 25.2 Å². The van der Waals surface area contributed by atoms with E-state index in [-0.39, 0.29) is 23.8 Å². The van der Waals surface area contributed by atoms with E-state index in [1.54, 1.807) is 13.0 Å². The highest BCUT2D eigenvalue weighted by Gasteiger charge is 2.40. The Labute approximate surface area is 137 Å². The van der Waals surface area contributed by atoms with Crippen LogP contribution < -0.4 is 5.73 Å². The van der Waals surface area contributed by atoms with Crippen LogP contribution in [0.2, 0.25) is 0 Å². The third-order valence-electron chi connectivity index (χ3n) is 3.65. The number of amidine groups is 1. The van der Waals surface area contributed by atoms with Crippen LogP contribution in [0.5, 0.6) is 0 Å². The lowest BCUT2D eigenvalue weighted by molar-refractivity contribution is -0.141. The molecule has 0 aliphatic carbocycles. The standard InChI is InChI=1S/C14H11BrF4N4/c1-13(8-4-7(15)2-3-9(8)16)6-23-5-10(14(17,18)19)21-12(23)11(20)22-13/h2-5H,6H2,1H3,(H2,20,22)/t13-/m0/s1. The van der Waals surface area contributed by atoms with Crippen LogP contribution in [0.3, 0.4) is 0 Å². The minimum Gasteiger partial charge on any atom is -0.381 e. The predicted molar refractivity (Wildman–Crippen MR) is 79.4 cm³/mol. The number of fused-ring (bicyclic) bond motifs is 1. The smallest absolute Gasteiger partial charge is 0.381 e. The van der Waals surface area contributed by atoms with Gasteiger partial charge in [0.15, 0.2) is 17.4 Å². The molecule has 0 unspecified atom stereocenters. The van der Waals surface area contributed by atoms with Crippen LogP contribution >= 0.6 is 15.9 Å².